The molecule has 0 aliphatic carbocycles. The molecule has 4 rings (SSSR count). The normalized spacial score (nSPS) is 18.1. The maximum absolute atomic E-state index is 7.29. The van der Waals surface area contributed by atoms with Crippen molar-refractivity contribution in [3.8, 4) is 11.1 Å². The van der Waals surface area contributed by atoms with Crippen LogP contribution in [0.4, 0.5) is 5.69 Å². The highest BCUT2D eigenvalue weighted by Crippen LogP contribution is 2.50. The molecule has 2 heterocycles. The maximum atomic E-state index is 7.29. The van der Waals surface area contributed by atoms with Gasteiger partial charge in [-0.1, -0.05) is 78.3 Å². The van der Waals surface area contributed by atoms with Gasteiger partial charge in [0.25, 0.3) is 0 Å². The average Bonchev–Trinajstić information content (AvgIpc) is 3.09. The van der Waals surface area contributed by atoms with Gasteiger partial charge in [-0.3, -0.25) is 0 Å². The van der Waals surface area contributed by atoms with Crippen LogP contribution < -0.4 is 5.32 Å². The van der Waals surface area contributed by atoms with Gasteiger partial charge in [0.05, 0.1) is 5.02 Å². The van der Waals surface area contributed by atoms with Crippen LogP contribution in [0.2, 0.25) is 21.6 Å². The Bertz CT molecular complexity index is 1200. The van der Waals surface area contributed by atoms with Gasteiger partial charge in [-0.05, 0) is 73.0 Å². The van der Waals surface area contributed by atoms with E-state index in [1.165, 1.54) is 38.8 Å². The second-order valence-electron chi connectivity index (χ2n) is 12.2. The molecule has 1 aliphatic rings. The molecule has 0 saturated heterocycles. The molecule has 0 spiro atoms. The summed E-state index contributed by atoms with van der Waals surface area (Å²) in [4.78, 5) is 0. The summed E-state index contributed by atoms with van der Waals surface area (Å²) >= 11 is 7.29. The number of anilines is 1. The summed E-state index contributed by atoms with van der Waals surface area (Å²) in [6, 6.07) is 11.3. The number of benzene rings is 2. The molecule has 0 amide bonds. The van der Waals surface area contributed by atoms with Crippen LogP contribution in [0.5, 0.6) is 0 Å². The molecule has 0 fully saturated rings. The lowest BCUT2D eigenvalue weighted by molar-refractivity contribution is 0.454. The van der Waals surface area contributed by atoms with Gasteiger partial charge in [0.2, 0.25) is 0 Å². The Hall–Kier alpha value is -1.71. The number of aromatic nitrogens is 1. The van der Waals surface area contributed by atoms with Gasteiger partial charge in [0, 0.05) is 39.5 Å². The fourth-order valence-corrected chi connectivity index (χ4v) is 14.5. The fourth-order valence-electron chi connectivity index (χ4n) is 7.45. The van der Waals surface area contributed by atoms with Gasteiger partial charge < -0.3 is 9.55 Å². The SMILES string of the molecule is Cc1cc(-c2cn([Si](C(C)C)(C(C)C)C(C)C)c3ccccc23)c(Cl)c2c1NC(C)(C)CC2C. The predicted molar refractivity (Wildman–Crippen MR) is 154 cm³/mol. The molecular weight excluding hydrogens is 452 g/mol. The van der Waals surface area contributed by atoms with Crippen LogP contribution in [-0.2, 0) is 0 Å². The first-order valence-corrected chi connectivity index (χ1v) is 15.6. The molecule has 2 nitrogen and oxygen atoms in total. The van der Waals surface area contributed by atoms with E-state index in [4.69, 9.17) is 11.6 Å². The number of hydrogen-bond acceptors (Lipinski definition) is 1. The fraction of sp³-hybridized carbons (Fsp3) is 0.533. The van der Waals surface area contributed by atoms with Crippen molar-refractivity contribution in [2.24, 2.45) is 0 Å². The summed E-state index contributed by atoms with van der Waals surface area (Å²) in [5, 5.41) is 6.02. The molecule has 1 aromatic heterocycles. The van der Waals surface area contributed by atoms with Gasteiger partial charge in [-0.2, -0.15) is 0 Å². The molecule has 0 saturated carbocycles. The minimum absolute atomic E-state index is 0.0784. The quantitative estimate of drug-likeness (QED) is 0.349. The zero-order valence-corrected chi connectivity index (χ0v) is 24.6. The van der Waals surface area contributed by atoms with Crippen LogP contribution in [0, 0.1) is 6.92 Å². The summed E-state index contributed by atoms with van der Waals surface area (Å²) in [7, 11) is -1.91. The van der Waals surface area contributed by atoms with Crippen molar-refractivity contribution in [1.82, 2.24) is 4.23 Å². The largest absolute Gasteiger partial charge is 0.380 e. The van der Waals surface area contributed by atoms with E-state index in [1.54, 1.807) is 0 Å². The lowest BCUT2D eigenvalue weighted by atomic mass is 9.79. The van der Waals surface area contributed by atoms with Crippen LogP contribution in [-0.4, -0.2) is 18.0 Å². The first kappa shape index (κ1) is 25.4. The third kappa shape index (κ3) is 3.74. The Balaban J connectivity index is 2.04. The van der Waals surface area contributed by atoms with E-state index in [0.717, 1.165) is 11.4 Å². The minimum Gasteiger partial charge on any atom is -0.380 e. The third-order valence-corrected chi connectivity index (χ3v) is 15.6. The van der Waals surface area contributed by atoms with E-state index in [2.05, 4.69) is 115 Å². The van der Waals surface area contributed by atoms with Crippen LogP contribution in [0.3, 0.4) is 0 Å². The molecular formula is C30H43ClN2Si. The molecule has 0 radical (unpaired) electrons. The molecule has 0 bridgehead atoms. The molecule has 1 N–H and O–H groups in total. The molecule has 34 heavy (non-hydrogen) atoms. The average molecular weight is 495 g/mol. The van der Waals surface area contributed by atoms with Crippen molar-refractivity contribution >= 4 is 36.4 Å². The zero-order valence-electron chi connectivity index (χ0n) is 22.8. The Morgan fingerprint density at radius 1 is 1.00 bits per heavy atom. The summed E-state index contributed by atoms with van der Waals surface area (Å²) in [5.74, 6) is 0.418. The standard InChI is InChI=1S/C30H43ClN2Si/c1-18(2)34(19(3)4,20(5)6)33-17-25(23-13-11-12-14-26(23)33)24-15-21(7)29-27(28(24)31)22(8)16-30(9,10)32-29/h11-15,17-20,22,32H,16H2,1-10H3. The van der Waals surface area contributed by atoms with Crippen molar-refractivity contribution in [2.75, 3.05) is 5.32 Å². The zero-order chi connectivity index (χ0) is 25.2. The second kappa shape index (κ2) is 8.75. The number of halogens is 1. The van der Waals surface area contributed by atoms with Crippen molar-refractivity contribution in [3.63, 3.8) is 0 Å². The Morgan fingerprint density at radius 2 is 1.59 bits per heavy atom. The summed E-state index contributed by atoms with van der Waals surface area (Å²) in [5.41, 5.74) is 9.59. The number of rotatable bonds is 5. The van der Waals surface area contributed by atoms with Crippen LogP contribution in [0.15, 0.2) is 36.5 Å². The van der Waals surface area contributed by atoms with Crippen LogP contribution >= 0.6 is 11.6 Å². The van der Waals surface area contributed by atoms with Gasteiger partial charge in [0.15, 0.2) is 8.24 Å². The van der Waals surface area contributed by atoms with E-state index in [-0.39, 0.29) is 5.54 Å². The highest BCUT2D eigenvalue weighted by Gasteiger charge is 2.46. The number of nitrogens with zero attached hydrogens (tertiary/aromatic N) is 1. The lowest BCUT2D eigenvalue weighted by Gasteiger charge is -2.44. The van der Waals surface area contributed by atoms with Crippen molar-refractivity contribution in [1.29, 1.82) is 0 Å². The van der Waals surface area contributed by atoms with Crippen LogP contribution in [0.25, 0.3) is 22.0 Å². The maximum Gasteiger partial charge on any atom is 0.169 e. The van der Waals surface area contributed by atoms with Crippen molar-refractivity contribution < 1.29 is 0 Å². The molecule has 2 aromatic carbocycles. The Morgan fingerprint density at radius 3 is 2.18 bits per heavy atom. The van der Waals surface area contributed by atoms with E-state index in [0.29, 0.717) is 22.5 Å². The van der Waals surface area contributed by atoms with Crippen LogP contribution in [0.1, 0.15) is 85.8 Å². The lowest BCUT2D eigenvalue weighted by Crippen LogP contribution is -2.51. The first-order valence-electron chi connectivity index (χ1n) is 13.0. The molecule has 3 aromatic rings. The number of nitrogens with one attached hydrogen (secondary N) is 1. The molecule has 4 heteroatoms. The summed E-state index contributed by atoms with van der Waals surface area (Å²) in [6.07, 6.45) is 3.54. The van der Waals surface area contributed by atoms with Gasteiger partial charge in [0.1, 0.15) is 0 Å². The number of fused-ring (bicyclic) bond motifs is 2. The van der Waals surface area contributed by atoms with E-state index in [1.807, 2.05) is 0 Å². The van der Waals surface area contributed by atoms with E-state index in [9.17, 15) is 0 Å². The Labute approximate surface area is 213 Å². The van der Waals surface area contributed by atoms with Gasteiger partial charge in [-0.25, -0.2) is 0 Å². The molecule has 184 valence electrons. The minimum atomic E-state index is -1.91. The topological polar surface area (TPSA) is 17.0 Å². The highest BCUT2D eigenvalue weighted by molar-refractivity contribution is 6.82. The number of aryl methyl sites for hydroxylation is 1. The van der Waals surface area contributed by atoms with Crippen molar-refractivity contribution in [2.45, 2.75) is 104 Å². The first-order chi connectivity index (χ1) is 15.8. The molecule has 1 unspecified atom stereocenters. The van der Waals surface area contributed by atoms with E-state index >= 15 is 0 Å². The Kier molecular flexibility index (Phi) is 6.53. The van der Waals surface area contributed by atoms with E-state index < -0.39 is 8.24 Å². The summed E-state index contributed by atoms with van der Waals surface area (Å²) < 4.78 is 2.73. The van der Waals surface area contributed by atoms with Gasteiger partial charge >= 0.3 is 0 Å². The number of hydrogen-bond donors (Lipinski definition) is 1. The second-order valence-corrected chi connectivity index (χ2v) is 18.3. The predicted octanol–water partition coefficient (Wildman–Crippen LogP) is 9.99. The summed E-state index contributed by atoms with van der Waals surface area (Å²) in [6.45, 7) is 23.7. The monoisotopic (exact) mass is 494 g/mol. The molecule has 1 atom stereocenters. The highest BCUT2D eigenvalue weighted by atomic mass is 35.5. The molecule has 1 aliphatic heterocycles. The smallest absolute Gasteiger partial charge is 0.169 e. The van der Waals surface area contributed by atoms with Crippen molar-refractivity contribution in [3.05, 3.63) is 52.7 Å². The number of para-hydroxylation sites is 1. The van der Waals surface area contributed by atoms with Gasteiger partial charge in [-0.15, -0.1) is 0 Å². The third-order valence-electron chi connectivity index (χ3n) is 8.46.